The number of ketones is 1. The summed E-state index contributed by atoms with van der Waals surface area (Å²) in [6, 6.07) is 9.48. The molecule has 2 fully saturated rings. The predicted molar refractivity (Wildman–Crippen MR) is 70.0 cm³/mol. The quantitative estimate of drug-likeness (QED) is 0.832. The van der Waals surface area contributed by atoms with Crippen LogP contribution < -0.4 is 0 Å². The van der Waals surface area contributed by atoms with E-state index >= 15 is 0 Å². The second kappa shape index (κ2) is 3.68. The van der Waals surface area contributed by atoms with Gasteiger partial charge in [-0.1, -0.05) is 35.5 Å². The van der Waals surface area contributed by atoms with Crippen molar-refractivity contribution in [3.63, 3.8) is 0 Å². The van der Waals surface area contributed by atoms with Crippen molar-refractivity contribution in [1.82, 2.24) is 0 Å². The molecule has 104 valence electrons. The Hall–Kier alpha value is -1.72. The van der Waals surface area contributed by atoms with Gasteiger partial charge in [0.1, 0.15) is 11.4 Å². The molecule has 1 saturated carbocycles. The Bertz CT molecular complexity index is 614. The summed E-state index contributed by atoms with van der Waals surface area (Å²) in [7, 11) is 0. The molecular weight excluding hydrogens is 258 g/mol. The SMILES string of the molecule is C[C@@]12[C@H]3OC[C@]1(O)CC(=O)[C@@H]2C(c1ccccc1)=NO3. The van der Waals surface area contributed by atoms with Gasteiger partial charge < -0.3 is 14.7 Å². The second-order valence-electron chi connectivity index (χ2n) is 5.98. The van der Waals surface area contributed by atoms with Gasteiger partial charge in [0.2, 0.25) is 6.29 Å². The lowest BCUT2D eigenvalue weighted by molar-refractivity contribution is -0.181. The molecule has 5 nitrogen and oxygen atoms in total. The Labute approximate surface area is 116 Å². The van der Waals surface area contributed by atoms with Crippen molar-refractivity contribution in [2.45, 2.75) is 25.2 Å². The molecule has 1 N–H and O–H groups in total. The highest BCUT2D eigenvalue weighted by Crippen LogP contribution is 2.58. The third-order valence-corrected chi connectivity index (χ3v) is 4.94. The number of benzene rings is 1. The summed E-state index contributed by atoms with van der Waals surface area (Å²) in [5, 5.41) is 14.9. The Kier molecular flexibility index (Phi) is 2.22. The highest BCUT2D eigenvalue weighted by atomic mass is 16.8. The van der Waals surface area contributed by atoms with Crippen LogP contribution in [0.4, 0.5) is 0 Å². The van der Waals surface area contributed by atoms with E-state index in [2.05, 4.69) is 5.16 Å². The summed E-state index contributed by atoms with van der Waals surface area (Å²) in [6.07, 6.45) is -0.559. The van der Waals surface area contributed by atoms with Crippen LogP contribution in [0.25, 0.3) is 0 Å². The largest absolute Gasteiger partial charge is 0.386 e. The fourth-order valence-electron chi connectivity index (χ4n) is 3.69. The predicted octanol–water partition coefficient (Wildman–Crippen LogP) is 1.10. The Balaban J connectivity index is 1.87. The van der Waals surface area contributed by atoms with Crippen LogP contribution in [0.1, 0.15) is 18.9 Å². The zero-order valence-electron chi connectivity index (χ0n) is 11.1. The Morgan fingerprint density at radius 1 is 1.35 bits per heavy atom. The monoisotopic (exact) mass is 273 g/mol. The van der Waals surface area contributed by atoms with E-state index in [0.29, 0.717) is 5.71 Å². The van der Waals surface area contributed by atoms with Crippen LogP contribution in [0.2, 0.25) is 0 Å². The number of rotatable bonds is 1. The molecule has 0 unspecified atom stereocenters. The van der Waals surface area contributed by atoms with Crippen LogP contribution in [-0.4, -0.2) is 35.1 Å². The molecule has 4 rings (SSSR count). The average Bonchev–Trinajstić information content (AvgIpc) is 2.82. The molecular formula is C15H15NO4. The van der Waals surface area contributed by atoms with E-state index in [0.717, 1.165) is 5.56 Å². The number of ether oxygens (including phenoxy) is 1. The van der Waals surface area contributed by atoms with Gasteiger partial charge in [0.05, 0.1) is 23.7 Å². The van der Waals surface area contributed by atoms with Crippen LogP contribution in [0.15, 0.2) is 35.5 Å². The van der Waals surface area contributed by atoms with E-state index in [4.69, 9.17) is 9.57 Å². The van der Waals surface area contributed by atoms with Gasteiger partial charge in [-0.15, -0.1) is 0 Å². The highest BCUT2D eigenvalue weighted by molar-refractivity contribution is 6.16. The van der Waals surface area contributed by atoms with Crippen molar-refractivity contribution in [2.75, 3.05) is 6.61 Å². The van der Waals surface area contributed by atoms with Crippen molar-refractivity contribution in [3.8, 4) is 0 Å². The van der Waals surface area contributed by atoms with Crippen molar-refractivity contribution in [1.29, 1.82) is 0 Å². The van der Waals surface area contributed by atoms with E-state index in [1.165, 1.54) is 0 Å². The van der Waals surface area contributed by atoms with Crippen LogP contribution in [0.3, 0.4) is 0 Å². The molecule has 0 spiro atoms. The molecule has 0 amide bonds. The summed E-state index contributed by atoms with van der Waals surface area (Å²) in [4.78, 5) is 17.9. The van der Waals surface area contributed by atoms with Gasteiger partial charge in [0, 0.05) is 12.0 Å². The lowest BCUT2D eigenvalue weighted by Gasteiger charge is -2.39. The van der Waals surface area contributed by atoms with Crippen LogP contribution >= 0.6 is 0 Å². The molecule has 3 aliphatic rings. The number of Topliss-reactive ketones (excluding diaryl/α,β-unsaturated/α-hetero) is 1. The molecule has 0 bridgehead atoms. The molecule has 0 aromatic heterocycles. The Morgan fingerprint density at radius 3 is 2.85 bits per heavy atom. The van der Waals surface area contributed by atoms with Crippen molar-refractivity contribution in [2.24, 2.45) is 16.5 Å². The summed E-state index contributed by atoms with van der Waals surface area (Å²) >= 11 is 0. The molecule has 2 heterocycles. The maximum Gasteiger partial charge on any atom is 0.236 e. The average molecular weight is 273 g/mol. The molecule has 1 saturated heterocycles. The van der Waals surface area contributed by atoms with Crippen LogP contribution in [0.5, 0.6) is 0 Å². The maximum absolute atomic E-state index is 12.4. The summed E-state index contributed by atoms with van der Waals surface area (Å²) in [5.41, 5.74) is -0.482. The zero-order valence-corrected chi connectivity index (χ0v) is 11.1. The molecule has 1 aromatic rings. The summed E-state index contributed by atoms with van der Waals surface area (Å²) in [5.74, 6) is -0.467. The first-order valence-corrected chi connectivity index (χ1v) is 6.72. The van der Waals surface area contributed by atoms with Crippen molar-refractivity contribution >= 4 is 11.5 Å². The van der Waals surface area contributed by atoms with E-state index in [-0.39, 0.29) is 18.8 Å². The van der Waals surface area contributed by atoms with Crippen LogP contribution in [0, 0.1) is 11.3 Å². The fourth-order valence-corrected chi connectivity index (χ4v) is 3.69. The third-order valence-electron chi connectivity index (χ3n) is 4.94. The van der Waals surface area contributed by atoms with E-state index in [1.54, 1.807) is 0 Å². The number of carbonyl (C=O) groups is 1. The van der Waals surface area contributed by atoms with Crippen molar-refractivity contribution in [3.05, 3.63) is 35.9 Å². The lowest BCUT2D eigenvalue weighted by Crippen LogP contribution is -2.52. The van der Waals surface area contributed by atoms with Gasteiger partial charge >= 0.3 is 0 Å². The van der Waals surface area contributed by atoms with Gasteiger partial charge in [-0.2, -0.15) is 0 Å². The molecule has 1 aliphatic carbocycles. The number of nitrogens with zero attached hydrogens (tertiary/aromatic N) is 1. The standard InChI is InChI=1S/C15H15NO4/c1-14-11-10(17)7-15(14,18)8-19-13(14)20-16-12(11)9-5-3-2-4-6-9/h2-6,11,13,18H,7-8H2,1H3/t11-,13+,14-,15-/m1/s1. The molecule has 2 aliphatic heterocycles. The van der Waals surface area contributed by atoms with Crippen molar-refractivity contribution < 1.29 is 19.5 Å². The molecule has 0 radical (unpaired) electrons. The number of hydrogen-bond acceptors (Lipinski definition) is 5. The number of carbonyl (C=O) groups excluding carboxylic acids is 1. The minimum Gasteiger partial charge on any atom is -0.386 e. The minimum atomic E-state index is -1.16. The lowest BCUT2D eigenvalue weighted by atomic mass is 9.69. The molecule has 1 aromatic carbocycles. The first-order valence-electron chi connectivity index (χ1n) is 6.72. The zero-order chi connectivity index (χ0) is 14.0. The van der Waals surface area contributed by atoms with E-state index in [9.17, 15) is 9.90 Å². The normalized spacial score (nSPS) is 42.1. The Morgan fingerprint density at radius 2 is 2.10 bits per heavy atom. The molecule has 5 heteroatoms. The number of aliphatic hydroxyl groups is 1. The van der Waals surface area contributed by atoms with Gasteiger partial charge in [-0.05, 0) is 6.92 Å². The van der Waals surface area contributed by atoms with Gasteiger partial charge in [-0.3, -0.25) is 4.79 Å². The molecule has 4 atom stereocenters. The summed E-state index contributed by atoms with van der Waals surface area (Å²) in [6.45, 7) is 1.98. The topological polar surface area (TPSA) is 68.1 Å². The van der Waals surface area contributed by atoms with E-state index in [1.807, 2.05) is 37.3 Å². The number of oxime groups is 1. The summed E-state index contributed by atoms with van der Waals surface area (Å²) < 4.78 is 5.50. The van der Waals surface area contributed by atoms with Gasteiger partial charge in [0.25, 0.3) is 0 Å². The molecule has 20 heavy (non-hydrogen) atoms. The van der Waals surface area contributed by atoms with Gasteiger partial charge in [-0.25, -0.2) is 0 Å². The van der Waals surface area contributed by atoms with E-state index < -0.39 is 23.2 Å². The van der Waals surface area contributed by atoms with Gasteiger partial charge in [0.15, 0.2) is 0 Å². The fraction of sp³-hybridized carbons (Fsp3) is 0.467. The number of hydrogen-bond donors (Lipinski definition) is 1. The second-order valence-corrected chi connectivity index (χ2v) is 5.98. The third kappa shape index (κ3) is 1.24. The first-order chi connectivity index (χ1) is 9.56. The van der Waals surface area contributed by atoms with Crippen LogP contribution in [-0.2, 0) is 14.4 Å². The minimum absolute atomic E-state index is 0.00852. The smallest absolute Gasteiger partial charge is 0.236 e. The first kappa shape index (κ1) is 12.1. The maximum atomic E-state index is 12.4. The highest BCUT2D eigenvalue weighted by Gasteiger charge is 2.72.